The van der Waals surface area contributed by atoms with Crippen molar-refractivity contribution in [2.45, 2.75) is 6.10 Å². The predicted octanol–water partition coefficient (Wildman–Crippen LogP) is 1.90. The Balaban J connectivity index is 2.46. The molecule has 6 heteroatoms. The van der Waals surface area contributed by atoms with Gasteiger partial charge in [-0.05, 0) is 23.7 Å². The van der Waals surface area contributed by atoms with Crippen LogP contribution in [-0.4, -0.2) is 14.7 Å². The zero-order valence-electron chi connectivity index (χ0n) is 7.39. The van der Waals surface area contributed by atoms with Gasteiger partial charge in [0.15, 0.2) is 0 Å². The van der Waals surface area contributed by atoms with E-state index in [-0.39, 0.29) is 5.69 Å². The molecule has 0 amide bonds. The first-order valence-corrected chi connectivity index (χ1v) is 4.92. The molecule has 0 aliphatic rings. The normalized spacial score (nSPS) is 12.7. The summed E-state index contributed by atoms with van der Waals surface area (Å²) in [6.45, 7) is 0. The van der Waals surface area contributed by atoms with Gasteiger partial charge in [0.2, 0.25) is 0 Å². The van der Waals surface area contributed by atoms with Crippen molar-refractivity contribution in [1.82, 2.24) is 9.59 Å². The first-order valence-electron chi connectivity index (χ1n) is 4.09. The van der Waals surface area contributed by atoms with E-state index in [9.17, 15) is 13.9 Å². The largest absolute Gasteiger partial charge is 0.382 e. The minimum atomic E-state index is -1.41. The predicted molar refractivity (Wildman–Crippen MR) is 50.3 cm³/mol. The van der Waals surface area contributed by atoms with E-state index in [0.717, 1.165) is 23.7 Å². The average molecular weight is 228 g/mol. The minimum Gasteiger partial charge on any atom is -0.382 e. The lowest BCUT2D eigenvalue weighted by atomic mass is 10.1. The summed E-state index contributed by atoms with van der Waals surface area (Å²) in [5, 5.41) is 14.7. The van der Waals surface area contributed by atoms with Crippen molar-refractivity contribution in [3.05, 3.63) is 46.5 Å². The second-order valence-electron chi connectivity index (χ2n) is 2.87. The molecule has 0 spiro atoms. The molecule has 1 N–H and O–H groups in total. The van der Waals surface area contributed by atoms with E-state index in [1.54, 1.807) is 0 Å². The van der Waals surface area contributed by atoms with Gasteiger partial charge in [0.25, 0.3) is 0 Å². The van der Waals surface area contributed by atoms with Crippen LogP contribution < -0.4 is 0 Å². The lowest BCUT2D eigenvalue weighted by molar-refractivity contribution is 0.204. The number of rotatable bonds is 2. The first kappa shape index (κ1) is 10.1. The van der Waals surface area contributed by atoms with E-state index in [4.69, 9.17) is 0 Å². The highest BCUT2D eigenvalue weighted by Crippen LogP contribution is 2.25. The van der Waals surface area contributed by atoms with Crippen LogP contribution in [-0.2, 0) is 0 Å². The molecule has 0 saturated carbocycles. The highest BCUT2D eigenvalue weighted by Gasteiger charge is 2.21. The number of aromatic nitrogens is 2. The summed E-state index contributed by atoms with van der Waals surface area (Å²) >= 11 is 1.01. The van der Waals surface area contributed by atoms with Crippen LogP contribution in [0.15, 0.2) is 23.6 Å². The van der Waals surface area contributed by atoms with Crippen LogP contribution in [0.25, 0.3) is 0 Å². The fourth-order valence-electron chi connectivity index (χ4n) is 1.21. The fourth-order valence-corrected chi connectivity index (χ4v) is 1.68. The molecular formula is C9H6F2N2OS. The Morgan fingerprint density at radius 1 is 1.27 bits per heavy atom. The van der Waals surface area contributed by atoms with Crippen LogP contribution in [0.1, 0.15) is 17.4 Å². The summed E-state index contributed by atoms with van der Waals surface area (Å²) in [5.74, 6) is -1.59. The number of benzene rings is 1. The topological polar surface area (TPSA) is 46.0 Å². The van der Waals surface area contributed by atoms with Crippen molar-refractivity contribution in [2.75, 3.05) is 0 Å². The molecule has 0 fully saturated rings. The van der Waals surface area contributed by atoms with E-state index in [1.165, 1.54) is 11.4 Å². The van der Waals surface area contributed by atoms with E-state index < -0.39 is 23.3 Å². The van der Waals surface area contributed by atoms with E-state index >= 15 is 0 Å². The van der Waals surface area contributed by atoms with Crippen molar-refractivity contribution < 1.29 is 13.9 Å². The van der Waals surface area contributed by atoms with Crippen molar-refractivity contribution in [2.24, 2.45) is 0 Å². The number of aliphatic hydroxyl groups excluding tert-OH is 1. The van der Waals surface area contributed by atoms with Crippen LogP contribution in [0.5, 0.6) is 0 Å². The third kappa shape index (κ3) is 1.86. The molecule has 2 rings (SSSR count). The third-order valence-electron chi connectivity index (χ3n) is 1.93. The summed E-state index contributed by atoms with van der Waals surface area (Å²) in [6, 6.07) is 3.41. The molecule has 1 unspecified atom stereocenters. The summed E-state index contributed by atoms with van der Waals surface area (Å²) in [5.41, 5.74) is -0.255. The standard InChI is InChI=1S/C9H6F2N2OS/c10-5-2-1-3-6(11)8(5)9(14)7-4-15-13-12-7/h1-4,9,14H. The molecule has 0 aliphatic carbocycles. The number of nitrogens with zero attached hydrogens (tertiary/aromatic N) is 2. The van der Waals surface area contributed by atoms with Crippen molar-refractivity contribution in [3.8, 4) is 0 Å². The Morgan fingerprint density at radius 2 is 1.93 bits per heavy atom. The van der Waals surface area contributed by atoms with Crippen LogP contribution >= 0.6 is 11.5 Å². The summed E-state index contributed by atoms with van der Waals surface area (Å²) in [7, 11) is 0. The number of aliphatic hydroxyl groups is 1. The maximum atomic E-state index is 13.2. The average Bonchev–Trinajstić information content (AvgIpc) is 2.69. The van der Waals surface area contributed by atoms with E-state index in [2.05, 4.69) is 9.59 Å². The molecule has 3 nitrogen and oxygen atoms in total. The van der Waals surface area contributed by atoms with Gasteiger partial charge in [0.1, 0.15) is 23.4 Å². The SMILES string of the molecule is OC(c1csnn1)c1c(F)cccc1F. The van der Waals surface area contributed by atoms with E-state index in [0.29, 0.717) is 0 Å². The summed E-state index contributed by atoms with van der Waals surface area (Å²) in [4.78, 5) is 0. The molecule has 1 atom stereocenters. The van der Waals surface area contributed by atoms with Gasteiger partial charge in [-0.25, -0.2) is 8.78 Å². The number of hydrogen-bond acceptors (Lipinski definition) is 4. The van der Waals surface area contributed by atoms with Crippen LogP contribution in [0.2, 0.25) is 0 Å². The Hall–Kier alpha value is -1.40. The Morgan fingerprint density at radius 3 is 2.47 bits per heavy atom. The van der Waals surface area contributed by atoms with Gasteiger partial charge in [-0.15, -0.1) is 5.10 Å². The van der Waals surface area contributed by atoms with Crippen molar-refractivity contribution >= 4 is 11.5 Å². The third-order valence-corrected chi connectivity index (χ3v) is 2.45. The van der Waals surface area contributed by atoms with Gasteiger partial charge >= 0.3 is 0 Å². The quantitative estimate of drug-likeness (QED) is 0.853. The van der Waals surface area contributed by atoms with Crippen LogP contribution in [0.4, 0.5) is 8.78 Å². The van der Waals surface area contributed by atoms with Gasteiger partial charge in [0.05, 0.1) is 5.56 Å². The molecule has 15 heavy (non-hydrogen) atoms. The molecule has 0 saturated heterocycles. The molecule has 0 aliphatic heterocycles. The monoisotopic (exact) mass is 228 g/mol. The van der Waals surface area contributed by atoms with Gasteiger partial charge in [-0.2, -0.15) is 0 Å². The Kier molecular flexibility index (Phi) is 2.70. The van der Waals surface area contributed by atoms with Gasteiger partial charge in [-0.1, -0.05) is 10.6 Å². The minimum absolute atomic E-state index is 0.143. The second kappa shape index (κ2) is 4.00. The Labute approximate surface area is 88.2 Å². The summed E-state index contributed by atoms with van der Waals surface area (Å²) in [6.07, 6.45) is -1.41. The molecule has 2 aromatic rings. The molecule has 1 heterocycles. The molecule has 0 radical (unpaired) electrons. The van der Waals surface area contributed by atoms with E-state index in [1.807, 2.05) is 0 Å². The molecule has 1 aromatic heterocycles. The maximum absolute atomic E-state index is 13.2. The molecule has 1 aromatic carbocycles. The molecule has 0 bridgehead atoms. The fraction of sp³-hybridized carbons (Fsp3) is 0.111. The van der Waals surface area contributed by atoms with Crippen molar-refractivity contribution in [1.29, 1.82) is 0 Å². The van der Waals surface area contributed by atoms with Gasteiger partial charge in [-0.3, -0.25) is 0 Å². The number of hydrogen-bond donors (Lipinski definition) is 1. The molecule has 78 valence electrons. The summed E-state index contributed by atoms with van der Waals surface area (Å²) < 4.78 is 30.0. The second-order valence-corrected chi connectivity index (χ2v) is 3.48. The maximum Gasteiger partial charge on any atom is 0.132 e. The smallest absolute Gasteiger partial charge is 0.132 e. The van der Waals surface area contributed by atoms with Gasteiger partial charge < -0.3 is 5.11 Å². The number of halogens is 2. The van der Waals surface area contributed by atoms with Crippen LogP contribution in [0, 0.1) is 11.6 Å². The van der Waals surface area contributed by atoms with Crippen LogP contribution in [0.3, 0.4) is 0 Å². The zero-order chi connectivity index (χ0) is 10.8. The van der Waals surface area contributed by atoms with Crippen molar-refractivity contribution in [3.63, 3.8) is 0 Å². The van der Waals surface area contributed by atoms with Gasteiger partial charge in [0, 0.05) is 5.38 Å². The highest BCUT2D eigenvalue weighted by atomic mass is 32.1. The lowest BCUT2D eigenvalue weighted by Gasteiger charge is -2.09. The zero-order valence-corrected chi connectivity index (χ0v) is 8.21. The molecular weight excluding hydrogens is 222 g/mol. The first-order chi connectivity index (χ1) is 7.20. The highest BCUT2D eigenvalue weighted by molar-refractivity contribution is 7.03. The lowest BCUT2D eigenvalue weighted by Crippen LogP contribution is -2.06. The Bertz CT molecular complexity index is 441.